The number of aromatic nitrogens is 2. The quantitative estimate of drug-likeness (QED) is 0.491. The average Bonchev–Trinajstić information content (AvgIpc) is 3.29. The SMILES string of the molecule is COc1ccc2cc(CNC(=O)NCc3ccccc3Cn3cccn3)ccc2c1. The number of methoxy groups -OCH3 is 1. The van der Waals surface area contributed by atoms with Gasteiger partial charge in [-0.15, -0.1) is 0 Å². The molecule has 30 heavy (non-hydrogen) atoms. The molecule has 4 aromatic rings. The maximum Gasteiger partial charge on any atom is 0.315 e. The number of nitrogens with one attached hydrogen (secondary N) is 2. The van der Waals surface area contributed by atoms with Gasteiger partial charge in [0.2, 0.25) is 0 Å². The Morgan fingerprint density at radius 2 is 1.70 bits per heavy atom. The van der Waals surface area contributed by atoms with Gasteiger partial charge in [-0.05, 0) is 51.7 Å². The molecule has 4 rings (SSSR count). The molecule has 0 aliphatic carbocycles. The average molecular weight is 400 g/mol. The number of carbonyl (C=O) groups excluding carboxylic acids is 1. The molecule has 0 saturated heterocycles. The van der Waals surface area contributed by atoms with E-state index in [9.17, 15) is 4.79 Å². The predicted octanol–water partition coefficient (Wildman–Crippen LogP) is 4.09. The number of carbonyl (C=O) groups is 1. The number of urea groups is 1. The normalized spacial score (nSPS) is 10.7. The Bertz CT molecular complexity index is 1140. The van der Waals surface area contributed by atoms with Gasteiger partial charge < -0.3 is 15.4 Å². The van der Waals surface area contributed by atoms with Crippen LogP contribution >= 0.6 is 0 Å². The van der Waals surface area contributed by atoms with E-state index in [1.54, 1.807) is 13.3 Å². The van der Waals surface area contributed by atoms with Crippen LogP contribution in [0.15, 0.2) is 79.1 Å². The zero-order valence-corrected chi connectivity index (χ0v) is 16.8. The van der Waals surface area contributed by atoms with Crippen molar-refractivity contribution in [3.05, 3.63) is 95.8 Å². The third kappa shape index (κ3) is 4.78. The second-order valence-corrected chi connectivity index (χ2v) is 7.06. The van der Waals surface area contributed by atoms with Gasteiger partial charge in [0.25, 0.3) is 0 Å². The van der Waals surface area contributed by atoms with Crippen LogP contribution in [-0.2, 0) is 19.6 Å². The molecule has 6 nitrogen and oxygen atoms in total. The molecule has 0 spiro atoms. The van der Waals surface area contributed by atoms with E-state index in [4.69, 9.17) is 4.74 Å². The largest absolute Gasteiger partial charge is 0.497 e. The maximum absolute atomic E-state index is 12.3. The Morgan fingerprint density at radius 1 is 0.933 bits per heavy atom. The Labute approximate surface area is 175 Å². The summed E-state index contributed by atoms with van der Waals surface area (Å²) in [6.07, 6.45) is 3.69. The van der Waals surface area contributed by atoms with Gasteiger partial charge in [0.15, 0.2) is 0 Å². The van der Waals surface area contributed by atoms with Crippen LogP contribution in [0.2, 0.25) is 0 Å². The number of rotatable bonds is 7. The number of benzene rings is 3. The van der Waals surface area contributed by atoms with Crippen molar-refractivity contribution in [3.63, 3.8) is 0 Å². The third-order valence-electron chi connectivity index (χ3n) is 5.01. The van der Waals surface area contributed by atoms with Gasteiger partial charge in [-0.25, -0.2) is 4.79 Å². The van der Waals surface area contributed by atoms with E-state index in [1.807, 2.05) is 65.5 Å². The highest BCUT2D eigenvalue weighted by atomic mass is 16.5. The van der Waals surface area contributed by atoms with Gasteiger partial charge in [-0.2, -0.15) is 5.10 Å². The fourth-order valence-electron chi connectivity index (χ4n) is 3.38. The van der Waals surface area contributed by atoms with Crippen molar-refractivity contribution < 1.29 is 9.53 Å². The summed E-state index contributed by atoms with van der Waals surface area (Å²) in [6, 6.07) is 21.9. The van der Waals surface area contributed by atoms with Crippen LogP contribution < -0.4 is 15.4 Å². The Kier molecular flexibility index (Phi) is 5.94. The molecule has 6 heteroatoms. The van der Waals surface area contributed by atoms with Crippen LogP contribution in [0.4, 0.5) is 4.79 Å². The van der Waals surface area contributed by atoms with Crippen molar-refractivity contribution in [2.24, 2.45) is 0 Å². The minimum atomic E-state index is -0.196. The molecule has 0 unspecified atom stereocenters. The van der Waals surface area contributed by atoms with E-state index < -0.39 is 0 Å². The number of fused-ring (bicyclic) bond motifs is 1. The van der Waals surface area contributed by atoms with Gasteiger partial charge in [0.1, 0.15) is 5.75 Å². The molecule has 3 aromatic carbocycles. The van der Waals surface area contributed by atoms with Crippen LogP contribution in [0, 0.1) is 0 Å². The minimum Gasteiger partial charge on any atom is -0.497 e. The maximum atomic E-state index is 12.3. The van der Waals surface area contributed by atoms with Crippen molar-refractivity contribution in [1.82, 2.24) is 20.4 Å². The van der Waals surface area contributed by atoms with E-state index in [2.05, 4.69) is 27.9 Å². The molecule has 1 aromatic heterocycles. The summed E-state index contributed by atoms with van der Waals surface area (Å²) in [6.45, 7) is 1.60. The monoisotopic (exact) mass is 400 g/mol. The molecule has 2 N–H and O–H groups in total. The summed E-state index contributed by atoms with van der Waals surface area (Å²) in [5.74, 6) is 0.834. The zero-order chi connectivity index (χ0) is 20.8. The topological polar surface area (TPSA) is 68.2 Å². The Balaban J connectivity index is 1.33. The summed E-state index contributed by atoms with van der Waals surface area (Å²) in [5, 5.41) is 12.3. The smallest absolute Gasteiger partial charge is 0.315 e. The number of hydrogen-bond donors (Lipinski definition) is 2. The van der Waals surface area contributed by atoms with Gasteiger partial charge in [0.05, 0.1) is 13.7 Å². The lowest BCUT2D eigenvalue weighted by Crippen LogP contribution is -2.34. The van der Waals surface area contributed by atoms with Crippen molar-refractivity contribution in [2.75, 3.05) is 7.11 Å². The number of ether oxygens (including phenoxy) is 1. The lowest BCUT2D eigenvalue weighted by molar-refractivity contribution is 0.240. The Morgan fingerprint density at radius 3 is 2.50 bits per heavy atom. The zero-order valence-electron chi connectivity index (χ0n) is 16.8. The first kappa shape index (κ1) is 19.5. The molecule has 0 radical (unpaired) electrons. The fourth-order valence-corrected chi connectivity index (χ4v) is 3.38. The van der Waals surface area contributed by atoms with Crippen LogP contribution in [-0.4, -0.2) is 22.9 Å². The van der Waals surface area contributed by atoms with Crippen molar-refractivity contribution in [2.45, 2.75) is 19.6 Å². The molecule has 2 amide bonds. The highest BCUT2D eigenvalue weighted by Gasteiger charge is 2.06. The van der Waals surface area contributed by atoms with Gasteiger partial charge in [-0.3, -0.25) is 4.68 Å². The van der Waals surface area contributed by atoms with E-state index >= 15 is 0 Å². The lowest BCUT2D eigenvalue weighted by atomic mass is 10.1. The van der Waals surface area contributed by atoms with Crippen LogP contribution in [0.3, 0.4) is 0 Å². The number of nitrogens with zero attached hydrogens (tertiary/aromatic N) is 2. The first-order chi connectivity index (χ1) is 14.7. The number of hydrogen-bond acceptors (Lipinski definition) is 3. The summed E-state index contributed by atoms with van der Waals surface area (Å²) in [7, 11) is 1.66. The second-order valence-electron chi connectivity index (χ2n) is 7.06. The van der Waals surface area contributed by atoms with Crippen molar-refractivity contribution >= 4 is 16.8 Å². The summed E-state index contributed by atoms with van der Waals surface area (Å²) < 4.78 is 7.13. The Hall–Kier alpha value is -3.80. The lowest BCUT2D eigenvalue weighted by Gasteiger charge is -2.12. The second kappa shape index (κ2) is 9.13. The molecular weight excluding hydrogens is 376 g/mol. The van der Waals surface area contributed by atoms with Gasteiger partial charge in [-0.1, -0.05) is 42.5 Å². The minimum absolute atomic E-state index is 0.196. The summed E-state index contributed by atoms with van der Waals surface area (Å²) in [5.41, 5.74) is 3.25. The van der Waals surface area contributed by atoms with Crippen molar-refractivity contribution in [3.8, 4) is 5.75 Å². The van der Waals surface area contributed by atoms with Gasteiger partial charge in [0, 0.05) is 25.5 Å². The molecule has 0 saturated carbocycles. The molecule has 0 fully saturated rings. The molecule has 0 bridgehead atoms. The highest BCUT2D eigenvalue weighted by molar-refractivity contribution is 5.84. The first-order valence-electron chi connectivity index (χ1n) is 9.84. The van der Waals surface area contributed by atoms with E-state index in [0.29, 0.717) is 19.6 Å². The summed E-state index contributed by atoms with van der Waals surface area (Å²) in [4.78, 5) is 12.3. The molecule has 1 heterocycles. The fraction of sp³-hybridized carbons (Fsp3) is 0.167. The van der Waals surface area contributed by atoms with Gasteiger partial charge >= 0.3 is 6.03 Å². The molecule has 0 atom stereocenters. The predicted molar refractivity (Wildman–Crippen MR) is 117 cm³/mol. The number of amides is 2. The molecule has 152 valence electrons. The van der Waals surface area contributed by atoms with E-state index in [-0.39, 0.29) is 6.03 Å². The van der Waals surface area contributed by atoms with Crippen molar-refractivity contribution in [1.29, 1.82) is 0 Å². The highest BCUT2D eigenvalue weighted by Crippen LogP contribution is 2.21. The standard InChI is InChI=1S/C24H24N4O2/c1-30-23-10-9-19-13-18(7-8-20(19)14-23)15-25-24(29)26-16-21-5-2-3-6-22(21)17-28-12-4-11-27-28/h2-14H,15-17H2,1H3,(H2,25,26,29). The first-order valence-corrected chi connectivity index (χ1v) is 9.84. The van der Waals surface area contributed by atoms with Crippen LogP contribution in [0.25, 0.3) is 10.8 Å². The van der Waals surface area contributed by atoms with E-state index in [1.165, 1.54) is 0 Å². The summed E-state index contributed by atoms with van der Waals surface area (Å²) >= 11 is 0. The van der Waals surface area contributed by atoms with E-state index in [0.717, 1.165) is 33.2 Å². The van der Waals surface area contributed by atoms with Crippen LogP contribution in [0.1, 0.15) is 16.7 Å². The van der Waals surface area contributed by atoms with Crippen LogP contribution in [0.5, 0.6) is 5.75 Å². The third-order valence-corrected chi connectivity index (χ3v) is 5.01. The molecule has 0 aliphatic rings. The molecule has 0 aliphatic heterocycles. The molecular formula is C24H24N4O2.